The quantitative estimate of drug-likeness (QED) is 0.815. The minimum Gasteiger partial charge on any atom is -0.468 e. The van der Waals surface area contributed by atoms with Crippen LogP contribution in [0.4, 0.5) is 10.1 Å². The molecule has 1 heterocycles. The number of ether oxygens (including phenoxy) is 1. The van der Waals surface area contributed by atoms with Crippen molar-refractivity contribution < 1.29 is 18.7 Å². The van der Waals surface area contributed by atoms with E-state index in [1.807, 2.05) is 4.90 Å². The van der Waals surface area contributed by atoms with Gasteiger partial charge in [-0.15, -0.1) is 0 Å². The van der Waals surface area contributed by atoms with E-state index in [1.165, 1.54) is 19.2 Å². The van der Waals surface area contributed by atoms with E-state index in [-0.39, 0.29) is 24.3 Å². The van der Waals surface area contributed by atoms with Gasteiger partial charge in [-0.1, -0.05) is 0 Å². The summed E-state index contributed by atoms with van der Waals surface area (Å²) < 4.78 is 17.3. The number of rotatable bonds is 4. The van der Waals surface area contributed by atoms with Gasteiger partial charge < -0.3 is 15.0 Å². The first kappa shape index (κ1) is 13.3. The van der Waals surface area contributed by atoms with Crippen LogP contribution >= 0.6 is 0 Å². The van der Waals surface area contributed by atoms with Crippen molar-refractivity contribution in [3.8, 4) is 0 Å². The highest BCUT2D eigenvalue weighted by molar-refractivity contribution is 5.89. The molecule has 0 unspecified atom stereocenters. The summed E-state index contributed by atoms with van der Waals surface area (Å²) in [4.78, 5) is 24.7. The maximum absolute atomic E-state index is 12.8. The highest BCUT2D eigenvalue weighted by Gasteiger charge is 2.34. The summed E-state index contributed by atoms with van der Waals surface area (Å²) in [6.45, 7) is 0.602. The third kappa shape index (κ3) is 3.01. The molecule has 0 spiro atoms. The minimum absolute atomic E-state index is 0.136. The predicted octanol–water partition coefficient (Wildman–Crippen LogP) is 0.694. The Morgan fingerprint density at radius 1 is 1.42 bits per heavy atom. The number of nitrogens with zero attached hydrogens (tertiary/aromatic N) is 1. The zero-order valence-electron chi connectivity index (χ0n) is 10.6. The molecule has 1 saturated heterocycles. The number of anilines is 1. The van der Waals surface area contributed by atoms with Gasteiger partial charge in [-0.05, 0) is 30.7 Å². The minimum atomic E-state index is -0.485. The lowest BCUT2D eigenvalue weighted by atomic mass is 10.0. The molecule has 2 rings (SSSR count). The van der Waals surface area contributed by atoms with Crippen molar-refractivity contribution in [2.45, 2.75) is 12.5 Å². The van der Waals surface area contributed by atoms with E-state index >= 15 is 0 Å². The van der Waals surface area contributed by atoms with Crippen LogP contribution in [0.1, 0.15) is 6.42 Å². The predicted molar refractivity (Wildman–Crippen MR) is 67.2 cm³/mol. The molecule has 19 heavy (non-hydrogen) atoms. The molecule has 6 heteroatoms. The van der Waals surface area contributed by atoms with Crippen molar-refractivity contribution >= 4 is 17.6 Å². The average Bonchev–Trinajstić information content (AvgIpc) is 2.37. The Hall–Kier alpha value is -2.11. The summed E-state index contributed by atoms with van der Waals surface area (Å²) in [7, 11) is 1.27. The number of nitrogens with one attached hydrogen (secondary N) is 1. The summed E-state index contributed by atoms with van der Waals surface area (Å²) in [6, 6.07) is 5.67. The molecule has 1 aliphatic rings. The highest BCUT2D eigenvalue weighted by Crippen LogP contribution is 2.26. The summed E-state index contributed by atoms with van der Waals surface area (Å²) in [5.41, 5.74) is 0.797. The smallest absolute Gasteiger partial charge is 0.325 e. The molecular weight excluding hydrogens is 251 g/mol. The Bertz CT molecular complexity index is 475. The topological polar surface area (TPSA) is 58.6 Å². The second kappa shape index (κ2) is 5.69. The largest absolute Gasteiger partial charge is 0.468 e. The van der Waals surface area contributed by atoms with E-state index in [0.29, 0.717) is 6.42 Å². The van der Waals surface area contributed by atoms with Gasteiger partial charge in [-0.3, -0.25) is 9.59 Å². The molecule has 1 aliphatic heterocycles. The maximum Gasteiger partial charge on any atom is 0.325 e. The van der Waals surface area contributed by atoms with Crippen molar-refractivity contribution in [1.29, 1.82) is 0 Å². The first-order chi connectivity index (χ1) is 9.11. The van der Waals surface area contributed by atoms with E-state index in [4.69, 9.17) is 0 Å². The van der Waals surface area contributed by atoms with Crippen LogP contribution in [-0.2, 0) is 14.3 Å². The van der Waals surface area contributed by atoms with Gasteiger partial charge in [0, 0.05) is 12.2 Å². The number of methoxy groups -OCH3 is 1. The summed E-state index contributed by atoms with van der Waals surface area (Å²) in [6.07, 6.45) is 0.713. The fraction of sp³-hybridized carbons (Fsp3) is 0.385. The van der Waals surface area contributed by atoms with Crippen LogP contribution in [0.25, 0.3) is 0 Å². The summed E-state index contributed by atoms with van der Waals surface area (Å²) in [5, 5.41) is 2.52. The van der Waals surface area contributed by atoms with Gasteiger partial charge in [0.05, 0.1) is 7.11 Å². The monoisotopic (exact) mass is 266 g/mol. The second-order valence-electron chi connectivity index (χ2n) is 4.27. The molecule has 1 N–H and O–H groups in total. The zero-order valence-corrected chi connectivity index (χ0v) is 10.6. The fourth-order valence-electron chi connectivity index (χ4n) is 1.95. The van der Waals surface area contributed by atoms with Gasteiger partial charge in [0.2, 0.25) is 5.91 Å². The Labute approximate surface area is 110 Å². The van der Waals surface area contributed by atoms with E-state index in [1.54, 1.807) is 12.1 Å². The molecule has 5 nitrogen and oxygen atoms in total. The first-order valence-electron chi connectivity index (χ1n) is 5.98. The lowest BCUT2D eigenvalue weighted by Crippen LogP contribution is -2.57. The van der Waals surface area contributed by atoms with Crippen LogP contribution in [0, 0.1) is 5.82 Å². The molecular formula is C13H15FN2O3. The molecule has 1 aromatic carbocycles. The van der Waals surface area contributed by atoms with Gasteiger partial charge in [0.25, 0.3) is 0 Å². The van der Waals surface area contributed by atoms with Crippen molar-refractivity contribution in [3.05, 3.63) is 30.1 Å². The van der Waals surface area contributed by atoms with E-state index < -0.39 is 5.97 Å². The van der Waals surface area contributed by atoms with Crippen LogP contribution in [-0.4, -0.2) is 38.1 Å². The van der Waals surface area contributed by atoms with Crippen LogP contribution in [0.5, 0.6) is 0 Å². The molecule has 1 amide bonds. The van der Waals surface area contributed by atoms with Gasteiger partial charge in [0.15, 0.2) is 0 Å². The molecule has 1 fully saturated rings. The molecule has 0 bridgehead atoms. The van der Waals surface area contributed by atoms with Crippen LogP contribution in [0.2, 0.25) is 0 Å². The number of hydrogen-bond donors (Lipinski definition) is 1. The summed E-state index contributed by atoms with van der Waals surface area (Å²) in [5.74, 6) is -1.02. The van der Waals surface area contributed by atoms with Crippen molar-refractivity contribution in [3.63, 3.8) is 0 Å². The molecule has 0 aromatic heterocycles. The lowest BCUT2D eigenvalue weighted by Gasteiger charge is -2.41. The van der Waals surface area contributed by atoms with E-state index in [0.717, 1.165) is 12.2 Å². The van der Waals surface area contributed by atoms with E-state index in [9.17, 15) is 14.0 Å². The number of amides is 1. The highest BCUT2D eigenvalue weighted by atomic mass is 19.1. The van der Waals surface area contributed by atoms with Crippen LogP contribution in [0.3, 0.4) is 0 Å². The number of carbonyl (C=O) groups excluding carboxylic acids is 2. The molecule has 0 radical (unpaired) electrons. The SMILES string of the molecule is COC(=O)CNC(=O)[C@@H]1CCN1c1ccc(F)cc1. The van der Waals surface area contributed by atoms with Gasteiger partial charge in [-0.2, -0.15) is 0 Å². The van der Waals surface area contributed by atoms with Crippen molar-refractivity contribution in [2.24, 2.45) is 0 Å². The van der Waals surface area contributed by atoms with Gasteiger partial charge in [0.1, 0.15) is 18.4 Å². The molecule has 1 atom stereocenters. The third-order valence-electron chi connectivity index (χ3n) is 3.12. The zero-order chi connectivity index (χ0) is 13.8. The lowest BCUT2D eigenvalue weighted by molar-refractivity contribution is -0.141. The number of hydrogen-bond acceptors (Lipinski definition) is 4. The van der Waals surface area contributed by atoms with Gasteiger partial charge >= 0.3 is 5.97 Å². The number of benzene rings is 1. The van der Waals surface area contributed by atoms with Crippen molar-refractivity contribution in [2.75, 3.05) is 25.1 Å². The maximum atomic E-state index is 12.8. The average molecular weight is 266 g/mol. The number of esters is 1. The molecule has 0 saturated carbocycles. The number of carbonyl (C=O) groups is 2. The van der Waals surface area contributed by atoms with E-state index in [2.05, 4.69) is 10.1 Å². The molecule has 0 aliphatic carbocycles. The Kier molecular flexibility index (Phi) is 3.99. The summed E-state index contributed by atoms with van der Waals surface area (Å²) >= 11 is 0. The Morgan fingerprint density at radius 3 is 2.63 bits per heavy atom. The normalized spacial score (nSPS) is 17.6. The molecule has 102 valence electrons. The fourth-order valence-corrected chi connectivity index (χ4v) is 1.95. The van der Waals surface area contributed by atoms with Crippen molar-refractivity contribution in [1.82, 2.24) is 5.32 Å². The third-order valence-corrected chi connectivity index (χ3v) is 3.12. The Balaban J connectivity index is 1.93. The molecule has 1 aromatic rings. The van der Waals surface area contributed by atoms with Crippen LogP contribution < -0.4 is 10.2 Å². The first-order valence-corrected chi connectivity index (χ1v) is 5.98. The Morgan fingerprint density at radius 2 is 2.11 bits per heavy atom. The standard InChI is InChI=1S/C13H15FN2O3/c1-19-12(17)8-15-13(18)11-6-7-16(11)10-4-2-9(14)3-5-10/h2-5,11H,6-8H2,1H3,(H,15,18)/t11-/m0/s1. The second-order valence-corrected chi connectivity index (χ2v) is 4.27. The van der Waals surface area contributed by atoms with Gasteiger partial charge in [-0.25, -0.2) is 4.39 Å². The van der Waals surface area contributed by atoms with Crippen LogP contribution in [0.15, 0.2) is 24.3 Å². The number of halogens is 1.